The first-order valence-electron chi connectivity index (χ1n) is 10.0. The standard InChI is InChI=1S/C22H30N4O/c1-14-6-5-7-15(2)20(14)21-24-19-8-10-23-13-18(19)22(25-21)26-11-9-17(27-4)12-16(26)3/h5-7,16-17,23H,8-13H2,1-4H3. The van der Waals surface area contributed by atoms with Crippen molar-refractivity contribution in [2.75, 3.05) is 25.1 Å². The summed E-state index contributed by atoms with van der Waals surface area (Å²) in [6, 6.07) is 6.82. The van der Waals surface area contributed by atoms with Crippen molar-refractivity contribution in [1.82, 2.24) is 15.3 Å². The molecule has 2 aliphatic heterocycles. The number of ether oxygens (including phenoxy) is 1. The van der Waals surface area contributed by atoms with Crippen LogP contribution in [0.3, 0.4) is 0 Å². The van der Waals surface area contributed by atoms with E-state index in [4.69, 9.17) is 14.7 Å². The van der Waals surface area contributed by atoms with Crippen LogP contribution in [0.4, 0.5) is 5.82 Å². The highest BCUT2D eigenvalue weighted by molar-refractivity contribution is 5.67. The summed E-state index contributed by atoms with van der Waals surface area (Å²) in [6.07, 6.45) is 3.41. The summed E-state index contributed by atoms with van der Waals surface area (Å²) in [5.41, 5.74) is 6.14. The Balaban J connectivity index is 1.81. The molecule has 1 aromatic carbocycles. The van der Waals surface area contributed by atoms with E-state index in [0.29, 0.717) is 12.1 Å². The minimum absolute atomic E-state index is 0.352. The van der Waals surface area contributed by atoms with Crippen molar-refractivity contribution in [3.8, 4) is 11.4 Å². The molecular formula is C22H30N4O. The van der Waals surface area contributed by atoms with Crippen LogP contribution in [0.25, 0.3) is 11.4 Å². The summed E-state index contributed by atoms with van der Waals surface area (Å²) >= 11 is 0. The van der Waals surface area contributed by atoms with E-state index in [1.54, 1.807) is 0 Å². The molecule has 5 heteroatoms. The van der Waals surface area contributed by atoms with Crippen LogP contribution in [0.5, 0.6) is 0 Å². The van der Waals surface area contributed by atoms with Gasteiger partial charge in [-0.25, -0.2) is 9.97 Å². The molecule has 1 fully saturated rings. The number of aromatic nitrogens is 2. The highest BCUT2D eigenvalue weighted by Crippen LogP contribution is 2.33. The second kappa shape index (κ2) is 7.56. The molecule has 0 bridgehead atoms. The van der Waals surface area contributed by atoms with Gasteiger partial charge in [0.05, 0.1) is 11.8 Å². The van der Waals surface area contributed by atoms with E-state index in [2.05, 4.69) is 49.2 Å². The molecular weight excluding hydrogens is 336 g/mol. The minimum Gasteiger partial charge on any atom is -0.381 e. The lowest BCUT2D eigenvalue weighted by atomic mass is 9.98. The minimum atomic E-state index is 0.352. The Labute approximate surface area is 162 Å². The number of piperidine rings is 1. The van der Waals surface area contributed by atoms with Gasteiger partial charge in [0.2, 0.25) is 0 Å². The molecule has 5 nitrogen and oxygen atoms in total. The number of hydrogen-bond donors (Lipinski definition) is 1. The van der Waals surface area contributed by atoms with Crippen LogP contribution < -0.4 is 10.2 Å². The van der Waals surface area contributed by atoms with Gasteiger partial charge in [0.1, 0.15) is 5.82 Å². The normalized spacial score (nSPS) is 22.6. The summed E-state index contributed by atoms with van der Waals surface area (Å²) in [5.74, 6) is 1.99. The zero-order valence-corrected chi connectivity index (χ0v) is 16.9. The summed E-state index contributed by atoms with van der Waals surface area (Å²) < 4.78 is 5.61. The number of aryl methyl sites for hydroxylation is 2. The molecule has 2 aromatic rings. The summed E-state index contributed by atoms with van der Waals surface area (Å²) in [7, 11) is 1.82. The Morgan fingerprint density at radius 3 is 2.67 bits per heavy atom. The quantitative estimate of drug-likeness (QED) is 0.902. The summed E-state index contributed by atoms with van der Waals surface area (Å²) in [6.45, 7) is 9.41. The van der Waals surface area contributed by atoms with Crippen LogP contribution in [-0.4, -0.2) is 42.3 Å². The van der Waals surface area contributed by atoms with Crippen molar-refractivity contribution in [2.45, 2.75) is 58.7 Å². The van der Waals surface area contributed by atoms with Crippen LogP contribution in [0, 0.1) is 13.8 Å². The van der Waals surface area contributed by atoms with E-state index in [1.807, 2.05) is 7.11 Å². The highest BCUT2D eigenvalue weighted by Gasteiger charge is 2.30. The molecule has 2 atom stereocenters. The fourth-order valence-corrected chi connectivity index (χ4v) is 4.50. The van der Waals surface area contributed by atoms with E-state index in [-0.39, 0.29) is 0 Å². The molecule has 4 rings (SSSR count). The third-order valence-corrected chi connectivity index (χ3v) is 6.05. The maximum Gasteiger partial charge on any atom is 0.162 e. The molecule has 0 amide bonds. The predicted octanol–water partition coefficient (Wildman–Crippen LogP) is 3.41. The van der Waals surface area contributed by atoms with Gasteiger partial charge in [0, 0.05) is 50.3 Å². The lowest BCUT2D eigenvalue weighted by molar-refractivity contribution is 0.0719. The Morgan fingerprint density at radius 2 is 1.96 bits per heavy atom. The molecule has 144 valence electrons. The third-order valence-electron chi connectivity index (χ3n) is 6.05. The van der Waals surface area contributed by atoms with Crippen LogP contribution in [0.2, 0.25) is 0 Å². The van der Waals surface area contributed by atoms with Crippen LogP contribution in [0.15, 0.2) is 18.2 Å². The van der Waals surface area contributed by atoms with Crippen molar-refractivity contribution in [3.05, 3.63) is 40.6 Å². The van der Waals surface area contributed by atoms with Crippen LogP contribution in [-0.2, 0) is 17.7 Å². The van der Waals surface area contributed by atoms with Crippen molar-refractivity contribution >= 4 is 5.82 Å². The number of anilines is 1. The molecule has 0 spiro atoms. The lowest BCUT2D eigenvalue weighted by Gasteiger charge is -2.39. The second-order valence-corrected chi connectivity index (χ2v) is 7.91. The zero-order valence-electron chi connectivity index (χ0n) is 16.9. The first-order valence-corrected chi connectivity index (χ1v) is 10.0. The van der Waals surface area contributed by atoms with Crippen LogP contribution >= 0.6 is 0 Å². The average Bonchev–Trinajstić information content (AvgIpc) is 2.67. The molecule has 0 radical (unpaired) electrons. The molecule has 1 N–H and O–H groups in total. The molecule has 1 aromatic heterocycles. The van der Waals surface area contributed by atoms with Gasteiger partial charge in [0.25, 0.3) is 0 Å². The van der Waals surface area contributed by atoms with Gasteiger partial charge in [-0.15, -0.1) is 0 Å². The summed E-state index contributed by atoms with van der Waals surface area (Å²) in [5, 5.41) is 3.51. The molecule has 3 heterocycles. The average molecular weight is 367 g/mol. The molecule has 2 aliphatic rings. The number of nitrogens with one attached hydrogen (secondary N) is 1. The highest BCUT2D eigenvalue weighted by atomic mass is 16.5. The topological polar surface area (TPSA) is 50.3 Å². The maximum absolute atomic E-state index is 5.61. The number of hydrogen-bond acceptors (Lipinski definition) is 5. The number of nitrogens with zero attached hydrogens (tertiary/aromatic N) is 3. The first-order chi connectivity index (χ1) is 13.1. The van der Waals surface area contributed by atoms with Gasteiger partial charge in [-0.2, -0.15) is 0 Å². The van der Waals surface area contributed by atoms with Crippen molar-refractivity contribution in [2.24, 2.45) is 0 Å². The van der Waals surface area contributed by atoms with E-state index < -0.39 is 0 Å². The van der Waals surface area contributed by atoms with Gasteiger partial charge in [-0.3, -0.25) is 0 Å². The SMILES string of the molecule is COC1CCN(c2nc(-c3c(C)cccc3C)nc3c2CNCC3)C(C)C1. The van der Waals surface area contributed by atoms with Crippen molar-refractivity contribution < 1.29 is 4.74 Å². The lowest BCUT2D eigenvalue weighted by Crippen LogP contribution is -2.45. The Kier molecular flexibility index (Phi) is 5.15. The number of rotatable bonds is 3. The fourth-order valence-electron chi connectivity index (χ4n) is 4.50. The van der Waals surface area contributed by atoms with Gasteiger partial charge in [-0.05, 0) is 44.7 Å². The van der Waals surface area contributed by atoms with Crippen LogP contribution in [0.1, 0.15) is 42.1 Å². The Morgan fingerprint density at radius 1 is 1.19 bits per heavy atom. The van der Waals surface area contributed by atoms with Gasteiger partial charge >= 0.3 is 0 Å². The van der Waals surface area contributed by atoms with Crippen molar-refractivity contribution in [1.29, 1.82) is 0 Å². The largest absolute Gasteiger partial charge is 0.381 e. The molecule has 2 unspecified atom stereocenters. The molecule has 27 heavy (non-hydrogen) atoms. The van der Waals surface area contributed by atoms with E-state index in [9.17, 15) is 0 Å². The van der Waals surface area contributed by atoms with E-state index >= 15 is 0 Å². The maximum atomic E-state index is 5.61. The van der Waals surface area contributed by atoms with E-state index in [0.717, 1.165) is 50.5 Å². The predicted molar refractivity (Wildman–Crippen MR) is 109 cm³/mol. The monoisotopic (exact) mass is 366 g/mol. The molecule has 0 saturated carbocycles. The number of fused-ring (bicyclic) bond motifs is 1. The summed E-state index contributed by atoms with van der Waals surface area (Å²) in [4.78, 5) is 12.6. The first kappa shape index (κ1) is 18.4. The molecule has 1 saturated heterocycles. The van der Waals surface area contributed by atoms with Gasteiger partial charge in [-0.1, -0.05) is 18.2 Å². The fraction of sp³-hybridized carbons (Fsp3) is 0.545. The molecule has 0 aliphatic carbocycles. The number of benzene rings is 1. The van der Waals surface area contributed by atoms with Gasteiger partial charge < -0.3 is 15.0 Å². The smallest absolute Gasteiger partial charge is 0.162 e. The Hall–Kier alpha value is -1.98. The van der Waals surface area contributed by atoms with Gasteiger partial charge in [0.15, 0.2) is 5.82 Å². The third kappa shape index (κ3) is 3.46. The second-order valence-electron chi connectivity index (χ2n) is 7.91. The zero-order chi connectivity index (χ0) is 19.0. The Bertz CT molecular complexity index is 815. The number of methoxy groups -OCH3 is 1. The van der Waals surface area contributed by atoms with E-state index in [1.165, 1.54) is 27.9 Å². The van der Waals surface area contributed by atoms with Crippen molar-refractivity contribution in [3.63, 3.8) is 0 Å².